The van der Waals surface area contributed by atoms with Crippen molar-refractivity contribution in [3.05, 3.63) is 36.0 Å². The number of aliphatic hydroxyl groups is 1. The zero-order valence-electron chi connectivity index (χ0n) is 13.8. The first-order valence-electron chi connectivity index (χ1n) is 8.62. The minimum absolute atomic E-state index is 0.160. The van der Waals surface area contributed by atoms with Crippen molar-refractivity contribution >= 4 is 16.8 Å². The Bertz CT molecular complexity index is 664. The molecule has 1 aliphatic carbocycles. The number of nitrogens with one attached hydrogen (secondary N) is 1. The summed E-state index contributed by atoms with van der Waals surface area (Å²) in [7, 11) is 1.86. The normalized spacial score (nSPS) is 21.5. The van der Waals surface area contributed by atoms with E-state index in [0.717, 1.165) is 31.2 Å². The fraction of sp³-hybridized carbons (Fsp3) is 0.526. The van der Waals surface area contributed by atoms with Crippen molar-refractivity contribution in [3.8, 4) is 0 Å². The average Bonchev–Trinajstić information content (AvgIpc) is 2.98. The Kier molecular flexibility index (Phi) is 5.01. The minimum Gasteiger partial charge on any atom is -0.393 e. The van der Waals surface area contributed by atoms with Crippen molar-refractivity contribution in [1.82, 2.24) is 9.88 Å². The number of amides is 1. The summed E-state index contributed by atoms with van der Waals surface area (Å²) in [4.78, 5) is 17.4. The van der Waals surface area contributed by atoms with Crippen molar-refractivity contribution < 1.29 is 9.90 Å². The molecule has 1 amide bonds. The molecule has 0 aliphatic heterocycles. The molecule has 1 aliphatic rings. The second-order valence-electron chi connectivity index (χ2n) is 6.75. The summed E-state index contributed by atoms with van der Waals surface area (Å²) in [6.07, 6.45) is 7.20. The third kappa shape index (κ3) is 3.75. The zero-order valence-corrected chi connectivity index (χ0v) is 13.8. The van der Waals surface area contributed by atoms with E-state index in [1.807, 2.05) is 25.4 Å². The van der Waals surface area contributed by atoms with Gasteiger partial charge in [0, 0.05) is 43.0 Å². The molecule has 0 radical (unpaired) electrons. The van der Waals surface area contributed by atoms with E-state index in [0.29, 0.717) is 13.0 Å². The molecule has 3 rings (SSSR count). The number of hydrogen-bond acceptors (Lipinski definition) is 2. The molecule has 1 aromatic heterocycles. The standard InChI is InChI=1S/C19H26N2O2/c1-21(13-15-6-2-5-9-18(15)22)19(23)11-10-14-12-20-17-8-4-3-7-16(14)17/h3-4,7-8,12,15,18,20,22H,2,5-6,9-11,13H2,1H3. The number of hydrogen-bond donors (Lipinski definition) is 2. The Morgan fingerprint density at radius 3 is 2.91 bits per heavy atom. The smallest absolute Gasteiger partial charge is 0.222 e. The van der Waals surface area contributed by atoms with E-state index in [-0.39, 0.29) is 17.9 Å². The van der Waals surface area contributed by atoms with Crippen LogP contribution in [0.4, 0.5) is 0 Å². The van der Waals surface area contributed by atoms with Gasteiger partial charge in [-0.3, -0.25) is 4.79 Å². The molecule has 0 spiro atoms. The lowest BCUT2D eigenvalue weighted by atomic mass is 9.86. The van der Waals surface area contributed by atoms with Crippen LogP contribution in [0.3, 0.4) is 0 Å². The maximum Gasteiger partial charge on any atom is 0.222 e. The fourth-order valence-corrected chi connectivity index (χ4v) is 3.63. The van der Waals surface area contributed by atoms with Gasteiger partial charge in [0.2, 0.25) is 5.91 Å². The van der Waals surface area contributed by atoms with Crippen LogP contribution in [-0.4, -0.2) is 40.6 Å². The first-order chi connectivity index (χ1) is 11.1. The maximum absolute atomic E-state index is 12.4. The molecule has 1 fully saturated rings. The highest BCUT2D eigenvalue weighted by Gasteiger charge is 2.25. The summed E-state index contributed by atoms with van der Waals surface area (Å²) in [5.41, 5.74) is 2.31. The molecule has 1 aromatic carbocycles. The van der Waals surface area contributed by atoms with Gasteiger partial charge >= 0.3 is 0 Å². The van der Waals surface area contributed by atoms with Crippen LogP contribution >= 0.6 is 0 Å². The number of H-pyrrole nitrogens is 1. The molecule has 0 bridgehead atoms. The van der Waals surface area contributed by atoms with Crippen molar-refractivity contribution in [2.75, 3.05) is 13.6 Å². The van der Waals surface area contributed by atoms with Crippen molar-refractivity contribution in [2.24, 2.45) is 5.92 Å². The SMILES string of the molecule is CN(CC1CCCCC1O)C(=O)CCc1c[nH]c2ccccc12. The molecule has 1 saturated carbocycles. The van der Waals surface area contributed by atoms with Gasteiger partial charge in [-0.25, -0.2) is 0 Å². The number of carbonyl (C=O) groups is 1. The summed E-state index contributed by atoms with van der Waals surface area (Å²) in [5.74, 6) is 0.402. The zero-order chi connectivity index (χ0) is 16.2. The number of carbonyl (C=O) groups excluding carboxylic acids is 1. The molecule has 2 N–H and O–H groups in total. The molecule has 0 saturated heterocycles. The number of aromatic amines is 1. The summed E-state index contributed by atoms with van der Waals surface area (Å²) >= 11 is 0. The maximum atomic E-state index is 12.4. The monoisotopic (exact) mass is 314 g/mol. The number of aryl methyl sites for hydroxylation is 1. The van der Waals surface area contributed by atoms with Gasteiger partial charge in [-0.05, 0) is 30.9 Å². The summed E-state index contributed by atoms with van der Waals surface area (Å²) in [6.45, 7) is 0.674. The van der Waals surface area contributed by atoms with Gasteiger partial charge in [0.15, 0.2) is 0 Å². The van der Waals surface area contributed by atoms with E-state index in [1.165, 1.54) is 17.4 Å². The molecule has 4 nitrogen and oxygen atoms in total. The molecule has 2 unspecified atom stereocenters. The molecular formula is C19H26N2O2. The van der Waals surface area contributed by atoms with E-state index >= 15 is 0 Å². The Morgan fingerprint density at radius 2 is 2.09 bits per heavy atom. The highest BCUT2D eigenvalue weighted by molar-refractivity contribution is 5.84. The van der Waals surface area contributed by atoms with E-state index in [4.69, 9.17) is 0 Å². The lowest BCUT2D eigenvalue weighted by molar-refractivity contribution is -0.131. The van der Waals surface area contributed by atoms with Crippen LogP contribution in [0, 0.1) is 5.92 Å². The van der Waals surface area contributed by atoms with Crippen molar-refractivity contribution in [1.29, 1.82) is 0 Å². The first kappa shape index (κ1) is 16.1. The highest BCUT2D eigenvalue weighted by atomic mass is 16.3. The number of aliphatic hydroxyl groups excluding tert-OH is 1. The van der Waals surface area contributed by atoms with Gasteiger partial charge in [0.05, 0.1) is 6.10 Å². The van der Waals surface area contributed by atoms with Crippen molar-refractivity contribution in [2.45, 2.75) is 44.6 Å². The molecule has 23 heavy (non-hydrogen) atoms. The van der Waals surface area contributed by atoms with Crippen LogP contribution in [-0.2, 0) is 11.2 Å². The molecule has 124 valence electrons. The van der Waals surface area contributed by atoms with E-state index in [1.54, 1.807) is 4.90 Å². The number of aromatic nitrogens is 1. The number of fused-ring (bicyclic) bond motifs is 1. The van der Waals surface area contributed by atoms with E-state index in [9.17, 15) is 9.90 Å². The quantitative estimate of drug-likeness (QED) is 0.891. The van der Waals surface area contributed by atoms with Crippen molar-refractivity contribution in [3.63, 3.8) is 0 Å². The summed E-state index contributed by atoms with van der Waals surface area (Å²) in [6, 6.07) is 8.18. The van der Waals surface area contributed by atoms with Gasteiger partial charge in [0.25, 0.3) is 0 Å². The van der Waals surface area contributed by atoms with Gasteiger partial charge < -0.3 is 15.0 Å². The van der Waals surface area contributed by atoms with E-state index in [2.05, 4.69) is 17.1 Å². The van der Waals surface area contributed by atoms with Crippen LogP contribution in [0.15, 0.2) is 30.5 Å². The first-order valence-corrected chi connectivity index (χ1v) is 8.62. The van der Waals surface area contributed by atoms with Gasteiger partial charge in [-0.15, -0.1) is 0 Å². The number of rotatable bonds is 5. The van der Waals surface area contributed by atoms with Crippen LogP contribution in [0.5, 0.6) is 0 Å². The van der Waals surface area contributed by atoms with E-state index < -0.39 is 0 Å². The predicted molar refractivity (Wildman–Crippen MR) is 92.2 cm³/mol. The lowest BCUT2D eigenvalue weighted by Gasteiger charge is -2.31. The Labute approximate surface area is 137 Å². The number of benzene rings is 1. The van der Waals surface area contributed by atoms with Crippen LogP contribution in [0.2, 0.25) is 0 Å². The van der Waals surface area contributed by atoms with Crippen LogP contribution in [0.1, 0.15) is 37.7 Å². The molecule has 2 aromatic rings. The molecule has 4 heteroatoms. The Balaban J connectivity index is 1.54. The summed E-state index contributed by atoms with van der Waals surface area (Å²) < 4.78 is 0. The minimum atomic E-state index is -0.243. The lowest BCUT2D eigenvalue weighted by Crippen LogP contribution is -2.38. The van der Waals surface area contributed by atoms with Gasteiger partial charge in [-0.2, -0.15) is 0 Å². The van der Waals surface area contributed by atoms with Crippen LogP contribution in [0.25, 0.3) is 10.9 Å². The molecule has 2 atom stereocenters. The van der Waals surface area contributed by atoms with Crippen LogP contribution < -0.4 is 0 Å². The third-order valence-corrected chi connectivity index (χ3v) is 5.09. The Morgan fingerprint density at radius 1 is 1.30 bits per heavy atom. The average molecular weight is 314 g/mol. The topological polar surface area (TPSA) is 56.3 Å². The highest BCUT2D eigenvalue weighted by Crippen LogP contribution is 2.25. The molecular weight excluding hydrogens is 288 g/mol. The van der Waals surface area contributed by atoms with Gasteiger partial charge in [-0.1, -0.05) is 31.0 Å². The second-order valence-corrected chi connectivity index (χ2v) is 6.75. The third-order valence-electron chi connectivity index (χ3n) is 5.09. The van der Waals surface area contributed by atoms with Gasteiger partial charge in [0.1, 0.15) is 0 Å². The number of nitrogens with zero attached hydrogens (tertiary/aromatic N) is 1. The Hall–Kier alpha value is -1.81. The summed E-state index contributed by atoms with van der Waals surface area (Å²) in [5, 5.41) is 11.3. The predicted octanol–water partition coefficient (Wildman–Crippen LogP) is 3.11. The number of para-hydroxylation sites is 1. The second kappa shape index (κ2) is 7.18. The molecule has 1 heterocycles. The fourth-order valence-electron chi connectivity index (χ4n) is 3.63. The largest absolute Gasteiger partial charge is 0.393 e.